The van der Waals surface area contributed by atoms with Gasteiger partial charge in [-0.15, -0.1) is 0 Å². The molecule has 1 atom stereocenters. The highest BCUT2D eigenvalue weighted by molar-refractivity contribution is 6.05. The Morgan fingerprint density at radius 2 is 1.91 bits per heavy atom. The fourth-order valence-corrected chi connectivity index (χ4v) is 3.75. The quantitative estimate of drug-likeness (QED) is 0.476. The fourth-order valence-electron chi connectivity index (χ4n) is 3.75. The molecule has 0 radical (unpaired) electrons. The van der Waals surface area contributed by atoms with E-state index in [1.165, 1.54) is 0 Å². The van der Waals surface area contributed by atoms with E-state index in [4.69, 9.17) is 0 Å². The van der Waals surface area contributed by atoms with Crippen molar-refractivity contribution < 1.29 is 4.79 Å². The van der Waals surface area contributed by atoms with E-state index in [-0.39, 0.29) is 11.8 Å². The lowest BCUT2D eigenvalue weighted by atomic mass is 9.99. The van der Waals surface area contributed by atoms with Gasteiger partial charge in [-0.1, -0.05) is 12.6 Å². The fraction of sp³-hybridized carbons (Fsp3) is 0.240. The maximum atomic E-state index is 12.8. The topological polar surface area (TPSA) is 74.2 Å². The number of hydrogen-bond donors (Lipinski definition) is 1. The third-order valence-corrected chi connectivity index (χ3v) is 5.59. The zero-order chi connectivity index (χ0) is 22.5. The second kappa shape index (κ2) is 9.51. The summed E-state index contributed by atoms with van der Waals surface area (Å²) in [5.41, 5.74) is 4.23. The monoisotopic (exact) mass is 427 g/mol. The van der Waals surface area contributed by atoms with Gasteiger partial charge in [-0.2, -0.15) is 0 Å². The number of amides is 1. The van der Waals surface area contributed by atoms with Crippen LogP contribution in [0.3, 0.4) is 0 Å². The number of anilines is 3. The van der Waals surface area contributed by atoms with E-state index in [1.807, 2.05) is 25.1 Å². The van der Waals surface area contributed by atoms with Crippen molar-refractivity contribution in [2.75, 3.05) is 41.3 Å². The van der Waals surface area contributed by atoms with Crippen LogP contribution in [0, 0.1) is 13.8 Å². The Bertz CT molecular complexity index is 1090. The molecule has 3 heterocycles. The Kier molecular flexibility index (Phi) is 6.35. The molecule has 0 saturated carbocycles. The van der Waals surface area contributed by atoms with Gasteiger partial charge < -0.3 is 15.1 Å². The number of nitrogens with one attached hydrogen (secondary N) is 1. The minimum atomic E-state index is -0.185. The molecule has 0 spiro atoms. The number of hydrogen-bond acceptors (Lipinski definition) is 6. The van der Waals surface area contributed by atoms with Crippen molar-refractivity contribution in [3.05, 3.63) is 91.5 Å². The molecule has 2 aromatic heterocycles. The van der Waals surface area contributed by atoms with Crippen molar-refractivity contribution in [1.82, 2.24) is 15.0 Å². The number of carbonyl (C=O) groups excluding carboxylic acids is 1. The van der Waals surface area contributed by atoms with E-state index in [0.29, 0.717) is 5.56 Å². The van der Waals surface area contributed by atoms with Crippen molar-refractivity contribution in [2.45, 2.75) is 12.8 Å². The van der Waals surface area contributed by atoms with Gasteiger partial charge in [0.1, 0.15) is 11.7 Å². The lowest BCUT2D eigenvalue weighted by Gasteiger charge is -2.37. The van der Waals surface area contributed by atoms with E-state index in [2.05, 4.69) is 49.6 Å². The molecule has 1 aliphatic heterocycles. The van der Waals surface area contributed by atoms with E-state index in [9.17, 15) is 4.79 Å². The Morgan fingerprint density at radius 3 is 2.59 bits per heavy atom. The summed E-state index contributed by atoms with van der Waals surface area (Å²) in [5.74, 6) is 0.685. The molecule has 1 aromatic carbocycles. The van der Waals surface area contributed by atoms with Gasteiger partial charge in [-0.3, -0.25) is 14.8 Å². The normalized spacial score (nSPS) is 14.7. The molecule has 0 bridgehead atoms. The molecule has 32 heavy (non-hydrogen) atoms. The predicted molar refractivity (Wildman–Crippen MR) is 128 cm³/mol. The summed E-state index contributed by atoms with van der Waals surface area (Å²) in [4.78, 5) is 30.2. The highest BCUT2D eigenvalue weighted by Crippen LogP contribution is 2.32. The molecule has 7 nitrogen and oxygen atoms in total. The van der Waals surface area contributed by atoms with Crippen molar-refractivity contribution in [1.29, 1.82) is 0 Å². The molecular weight excluding hydrogens is 400 g/mol. The third kappa shape index (κ3) is 4.72. The molecule has 0 aliphatic carbocycles. The Labute approximate surface area is 188 Å². The zero-order valence-electron chi connectivity index (χ0n) is 18.2. The van der Waals surface area contributed by atoms with E-state index in [1.54, 1.807) is 36.9 Å². The summed E-state index contributed by atoms with van der Waals surface area (Å²) in [6, 6.07) is 9.53. The van der Waals surface area contributed by atoms with Crippen LogP contribution < -0.4 is 15.1 Å². The largest absolute Gasteiger partial charge is 0.366 e. The number of aromatic nitrogens is 3. The van der Waals surface area contributed by atoms with Crippen LogP contribution in [-0.4, -0.2) is 47.0 Å². The summed E-state index contributed by atoms with van der Waals surface area (Å²) in [5, 5.41) is 3.06. The first-order chi connectivity index (χ1) is 15.5. The molecule has 3 aromatic rings. The van der Waals surface area contributed by atoms with Gasteiger partial charge in [0.05, 0.1) is 35.8 Å². The number of piperazine rings is 1. The molecule has 162 valence electrons. The van der Waals surface area contributed by atoms with Gasteiger partial charge >= 0.3 is 0 Å². The van der Waals surface area contributed by atoms with E-state index >= 15 is 0 Å². The molecule has 1 saturated heterocycles. The van der Waals surface area contributed by atoms with Gasteiger partial charge in [0.25, 0.3) is 5.91 Å². The minimum absolute atomic E-state index is 0.0271. The lowest BCUT2D eigenvalue weighted by molar-refractivity contribution is 0.102. The van der Waals surface area contributed by atoms with Crippen LogP contribution in [0.25, 0.3) is 0 Å². The van der Waals surface area contributed by atoms with Crippen LogP contribution in [0.5, 0.6) is 0 Å². The van der Waals surface area contributed by atoms with Gasteiger partial charge in [0.2, 0.25) is 0 Å². The summed E-state index contributed by atoms with van der Waals surface area (Å²) in [7, 11) is 0. The van der Waals surface area contributed by atoms with Crippen LogP contribution in [0.1, 0.15) is 27.5 Å². The summed E-state index contributed by atoms with van der Waals surface area (Å²) >= 11 is 0. The number of pyridine rings is 1. The highest BCUT2D eigenvalue weighted by Gasteiger charge is 2.23. The number of benzene rings is 1. The first-order valence-electron chi connectivity index (χ1n) is 10.6. The third-order valence-electron chi connectivity index (χ3n) is 5.59. The van der Waals surface area contributed by atoms with Gasteiger partial charge in [0.15, 0.2) is 0 Å². The Balaban J connectivity index is 1.57. The van der Waals surface area contributed by atoms with Gasteiger partial charge in [0, 0.05) is 50.3 Å². The van der Waals surface area contributed by atoms with Gasteiger partial charge in [-0.25, -0.2) is 4.98 Å². The lowest BCUT2D eigenvalue weighted by Crippen LogP contribution is -2.47. The molecule has 1 unspecified atom stereocenters. The molecule has 1 amide bonds. The molecule has 1 fully saturated rings. The second-order valence-corrected chi connectivity index (χ2v) is 7.81. The SMILES string of the molecule is C=CC([CH2+])c1ccc(NC(=O)c2cccnc2)c(N2CCN(c3cncc(C)n3)CC2)c1. The number of rotatable bonds is 6. The average Bonchev–Trinajstić information content (AvgIpc) is 2.84. The van der Waals surface area contributed by atoms with Crippen LogP contribution in [0.4, 0.5) is 17.2 Å². The molecule has 1 N–H and O–H groups in total. The maximum absolute atomic E-state index is 12.8. The van der Waals surface area contributed by atoms with E-state index < -0.39 is 0 Å². The molecular formula is C25H27N6O+. The number of aryl methyl sites for hydroxylation is 1. The standard InChI is InChI=1S/C25H26N6O/c1-4-18(2)20-7-8-22(29-25(32)21-6-5-9-26-16-21)23(14-20)30-10-12-31(13-11-30)24-17-27-15-19(3)28-24/h4-9,14-18H,1-2,10-13H2,3H3/p+1. The van der Waals surface area contributed by atoms with Crippen molar-refractivity contribution in [3.63, 3.8) is 0 Å². The van der Waals surface area contributed by atoms with Crippen molar-refractivity contribution in [2.24, 2.45) is 0 Å². The van der Waals surface area contributed by atoms with Crippen LogP contribution >= 0.6 is 0 Å². The van der Waals surface area contributed by atoms with Crippen LogP contribution in [0.2, 0.25) is 0 Å². The average molecular weight is 428 g/mol. The summed E-state index contributed by atoms with van der Waals surface area (Å²) in [6.07, 6.45) is 8.60. The number of allylic oxidation sites excluding steroid dienone is 1. The Morgan fingerprint density at radius 1 is 1.12 bits per heavy atom. The second-order valence-electron chi connectivity index (χ2n) is 7.81. The maximum Gasteiger partial charge on any atom is 0.257 e. The van der Waals surface area contributed by atoms with E-state index in [0.717, 1.165) is 54.6 Å². The number of carbonyl (C=O) groups is 1. The van der Waals surface area contributed by atoms with Crippen LogP contribution in [0.15, 0.2) is 67.8 Å². The Hall–Kier alpha value is -3.87. The van der Waals surface area contributed by atoms with Gasteiger partial charge in [-0.05, 0) is 37.3 Å². The first-order valence-corrected chi connectivity index (χ1v) is 10.6. The predicted octanol–water partition coefficient (Wildman–Crippen LogP) is 3.86. The summed E-state index contributed by atoms with van der Waals surface area (Å²) < 4.78 is 0. The highest BCUT2D eigenvalue weighted by atomic mass is 16.1. The van der Waals surface area contributed by atoms with Crippen molar-refractivity contribution in [3.8, 4) is 0 Å². The first kappa shape index (κ1) is 21.4. The number of nitrogens with zero attached hydrogens (tertiary/aromatic N) is 5. The van der Waals surface area contributed by atoms with Crippen LogP contribution in [-0.2, 0) is 0 Å². The van der Waals surface area contributed by atoms with Crippen molar-refractivity contribution >= 4 is 23.1 Å². The zero-order valence-corrected chi connectivity index (χ0v) is 18.2. The molecule has 4 rings (SSSR count). The summed E-state index contributed by atoms with van der Waals surface area (Å²) in [6.45, 7) is 13.2. The smallest absolute Gasteiger partial charge is 0.257 e. The minimum Gasteiger partial charge on any atom is -0.366 e. The molecule has 1 aliphatic rings. The molecule has 7 heteroatoms.